The summed E-state index contributed by atoms with van der Waals surface area (Å²) in [4.78, 5) is 55.6. The molecule has 1 spiro atoms. The van der Waals surface area contributed by atoms with Crippen LogP contribution in [-0.2, 0) is 31.9 Å². The molecule has 1 saturated carbocycles. The van der Waals surface area contributed by atoms with Gasteiger partial charge in [-0.2, -0.15) is 5.10 Å². The highest BCUT2D eigenvalue weighted by Crippen LogP contribution is 2.61. The molecule has 15 heteroatoms. The zero-order valence-corrected chi connectivity index (χ0v) is 29.7. The average molecular weight is 748 g/mol. The van der Waals surface area contributed by atoms with Gasteiger partial charge in [0.2, 0.25) is 21.8 Å². The maximum absolute atomic E-state index is 14.2. The second kappa shape index (κ2) is 12.5. The molecule has 0 unspecified atom stereocenters. The molecule has 2 aliphatic heterocycles. The minimum Gasteiger partial charge on any atom is -0.325 e. The number of halogens is 1. The Kier molecular flexibility index (Phi) is 8.48. The number of piperidine rings is 1. The van der Waals surface area contributed by atoms with Crippen LogP contribution in [0.1, 0.15) is 54.5 Å². The molecule has 1 saturated heterocycles. The number of rotatable bonds is 4. The van der Waals surface area contributed by atoms with Crippen LogP contribution in [0.4, 0.5) is 5.82 Å². The number of amides is 2. The highest BCUT2D eigenvalue weighted by atomic mass is 79.9. The molecule has 1 N–H and O–H groups in total. The van der Waals surface area contributed by atoms with Gasteiger partial charge < -0.3 is 10.2 Å². The van der Waals surface area contributed by atoms with E-state index in [1.54, 1.807) is 43.4 Å². The SMILES string of the molecule is CC(=O)c1nn(CC(=O)N2[C@H]3C[C@@]4(C=CCCCN(C)S(=O)(=O)Cc5ccc(Br)nc5NC3=O)C[C@@H]24)c2ccc(-c3cnc(C)nc3)cc12. The summed E-state index contributed by atoms with van der Waals surface area (Å²) in [5, 5.41) is 8.03. The van der Waals surface area contributed by atoms with Crippen LogP contribution in [-0.4, -0.2) is 85.6 Å². The Bertz CT molecular complexity index is 2150. The minimum absolute atomic E-state index is 0.128. The van der Waals surface area contributed by atoms with Crippen molar-refractivity contribution in [3.8, 4) is 11.1 Å². The number of carbonyl (C=O) groups is 3. The zero-order chi connectivity index (χ0) is 34.7. The van der Waals surface area contributed by atoms with Crippen LogP contribution in [0.15, 0.2) is 59.5 Å². The third-order valence-electron chi connectivity index (χ3n) is 9.69. The van der Waals surface area contributed by atoms with Crippen molar-refractivity contribution in [2.75, 3.05) is 18.9 Å². The van der Waals surface area contributed by atoms with E-state index < -0.39 is 22.0 Å². The number of nitrogens with zero attached hydrogens (tertiary/aromatic N) is 7. The number of fused-ring (bicyclic) bond motifs is 3. The molecule has 4 aromatic rings. The van der Waals surface area contributed by atoms with Crippen molar-refractivity contribution in [1.29, 1.82) is 0 Å². The number of nitrogens with one attached hydrogen (secondary N) is 1. The van der Waals surface area contributed by atoms with Crippen molar-refractivity contribution in [3.63, 3.8) is 0 Å². The lowest BCUT2D eigenvalue weighted by Crippen LogP contribution is -2.47. The van der Waals surface area contributed by atoms with Crippen molar-refractivity contribution in [1.82, 2.24) is 33.9 Å². The normalized spacial score (nSPS) is 23.7. The number of hydrogen-bond donors (Lipinski definition) is 1. The Morgan fingerprint density at radius 2 is 1.88 bits per heavy atom. The lowest BCUT2D eigenvalue weighted by atomic mass is 9.98. The number of carbonyl (C=O) groups excluding carboxylic acids is 3. The van der Waals surface area contributed by atoms with E-state index >= 15 is 0 Å². The van der Waals surface area contributed by atoms with Crippen molar-refractivity contribution >= 4 is 60.3 Å². The lowest BCUT2D eigenvalue weighted by Gasteiger charge is -2.27. The number of anilines is 1. The number of aryl methyl sites for hydroxylation is 1. The standard InChI is InChI=1S/C34H35BrN8O5S/c1-20(44)31-25-13-22(24-16-36-21(2)37-17-24)7-9-26(25)42(40-31)18-30(45)43-27-14-34(15-28(34)43)11-5-4-6-12-41(3)49(47,48)19-23-8-10-29(35)38-32(23)39-33(27)46/h5,7-11,13,16-17,27-28H,4,6,12,14-15,18-19H2,1-3H3,(H,38,39,46)/t27-,28+,34-/m0/s1. The Morgan fingerprint density at radius 3 is 2.63 bits per heavy atom. The predicted octanol–water partition coefficient (Wildman–Crippen LogP) is 4.27. The lowest BCUT2D eigenvalue weighted by molar-refractivity contribution is -0.138. The predicted molar refractivity (Wildman–Crippen MR) is 186 cm³/mol. The number of ketones is 1. The zero-order valence-electron chi connectivity index (χ0n) is 27.3. The quantitative estimate of drug-likeness (QED) is 0.183. The maximum atomic E-state index is 14.2. The first-order valence-corrected chi connectivity index (χ1v) is 18.5. The van der Waals surface area contributed by atoms with Crippen LogP contribution in [0.3, 0.4) is 0 Å². The Labute approximate surface area is 292 Å². The van der Waals surface area contributed by atoms with E-state index in [9.17, 15) is 22.8 Å². The van der Waals surface area contributed by atoms with Crippen LogP contribution >= 0.6 is 15.9 Å². The third kappa shape index (κ3) is 6.30. The van der Waals surface area contributed by atoms with Crippen LogP contribution < -0.4 is 5.32 Å². The van der Waals surface area contributed by atoms with Crippen LogP contribution in [0.25, 0.3) is 22.0 Å². The summed E-state index contributed by atoms with van der Waals surface area (Å²) in [6, 6.07) is 7.81. The summed E-state index contributed by atoms with van der Waals surface area (Å²) < 4.78 is 29.7. The average Bonchev–Trinajstić information content (AvgIpc) is 3.47. The van der Waals surface area contributed by atoms with Crippen molar-refractivity contribution in [2.24, 2.45) is 5.41 Å². The molecule has 49 heavy (non-hydrogen) atoms. The highest BCUT2D eigenvalue weighted by molar-refractivity contribution is 9.10. The third-order valence-corrected chi connectivity index (χ3v) is 11.9. The first kappa shape index (κ1) is 33.2. The number of aromatic nitrogens is 5. The van der Waals surface area contributed by atoms with Crippen LogP contribution in [0, 0.1) is 12.3 Å². The summed E-state index contributed by atoms with van der Waals surface area (Å²) >= 11 is 3.34. The summed E-state index contributed by atoms with van der Waals surface area (Å²) in [5.74, 6) is -0.548. The van der Waals surface area contributed by atoms with Crippen LogP contribution in [0.5, 0.6) is 0 Å². The molecule has 0 radical (unpaired) electrons. The summed E-state index contributed by atoms with van der Waals surface area (Å²) in [6.45, 7) is 3.41. The summed E-state index contributed by atoms with van der Waals surface area (Å²) in [7, 11) is -2.12. The molecule has 3 atom stereocenters. The van der Waals surface area contributed by atoms with E-state index in [0.29, 0.717) is 59.1 Å². The minimum atomic E-state index is -3.68. The van der Waals surface area contributed by atoms with Gasteiger partial charge in [0, 0.05) is 60.9 Å². The molecular formula is C34H35BrN8O5S. The second-order valence-electron chi connectivity index (χ2n) is 13.0. The number of likely N-dealkylation sites (tertiary alicyclic amines) is 1. The number of sulfonamides is 1. The molecule has 7 rings (SSSR count). The molecule has 3 aromatic heterocycles. The first-order valence-electron chi connectivity index (χ1n) is 16.0. The Balaban J connectivity index is 1.22. The molecule has 254 valence electrons. The summed E-state index contributed by atoms with van der Waals surface area (Å²) in [6.07, 6.45) is 10.00. The van der Waals surface area contributed by atoms with Crippen LogP contribution in [0.2, 0.25) is 0 Å². The van der Waals surface area contributed by atoms with Crippen molar-refractivity contribution in [3.05, 3.63) is 76.6 Å². The van der Waals surface area contributed by atoms with Gasteiger partial charge in [0.1, 0.15) is 34.5 Å². The van der Waals surface area contributed by atoms with Crippen molar-refractivity contribution in [2.45, 2.75) is 63.9 Å². The fourth-order valence-electron chi connectivity index (χ4n) is 6.96. The fraction of sp³-hybridized carbons (Fsp3) is 0.382. The molecule has 13 nitrogen and oxygen atoms in total. The smallest absolute Gasteiger partial charge is 0.248 e. The van der Waals surface area contributed by atoms with Gasteiger partial charge in [0.05, 0.1) is 11.3 Å². The Hall–Kier alpha value is -4.34. The number of pyridine rings is 1. The van der Waals surface area contributed by atoms with Crippen molar-refractivity contribution < 1.29 is 22.8 Å². The molecule has 5 heterocycles. The molecule has 2 fully saturated rings. The largest absolute Gasteiger partial charge is 0.325 e. The topological polar surface area (TPSA) is 160 Å². The van der Waals surface area contributed by atoms with Gasteiger partial charge in [-0.25, -0.2) is 27.7 Å². The summed E-state index contributed by atoms with van der Waals surface area (Å²) in [5.41, 5.74) is 2.45. The molecule has 1 aliphatic carbocycles. The molecule has 3 aliphatic rings. The van der Waals surface area contributed by atoms with E-state index in [2.05, 4.69) is 47.4 Å². The fourth-order valence-corrected chi connectivity index (χ4v) is 8.52. The number of hydrogen-bond acceptors (Lipinski definition) is 9. The number of Topliss-reactive ketones (excluding diaryl/α,β-unsaturated/α-hetero) is 1. The van der Waals surface area contributed by atoms with Gasteiger partial charge in [-0.1, -0.05) is 24.3 Å². The molecule has 2 amide bonds. The van der Waals surface area contributed by atoms with E-state index in [0.717, 1.165) is 11.1 Å². The van der Waals surface area contributed by atoms with E-state index in [4.69, 9.17) is 0 Å². The van der Waals surface area contributed by atoms with Gasteiger partial charge in [-0.3, -0.25) is 19.1 Å². The van der Waals surface area contributed by atoms with Gasteiger partial charge in [0.25, 0.3) is 0 Å². The van der Waals surface area contributed by atoms with Gasteiger partial charge in [-0.15, -0.1) is 0 Å². The molecule has 2 bridgehead atoms. The maximum Gasteiger partial charge on any atom is 0.248 e. The molecular weight excluding hydrogens is 712 g/mol. The highest BCUT2D eigenvalue weighted by Gasteiger charge is 2.65. The van der Waals surface area contributed by atoms with E-state index in [1.165, 1.54) is 15.9 Å². The Morgan fingerprint density at radius 1 is 1.10 bits per heavy atom. The monoisotopic (exact) mass is 746 g/mol. The van der Waals surface area contributed by atoms with Gasteiger partial charge in [0.15, 0.2) is 5.78 Å². The molecule has 1 aromatic carbocycles. The van der Waals surface area contributed by atoms with Gasteiger partial charge >= 0.3 is 0 Å². The van der Waals surface area contributed by atoms with Gasteiger partial charge in [-0.05, 0) is 72.3 Å². The number of allylic oxidation sites excluding steroid dienone is 1. The van der Waals surface area contributed by atoms with E-state index in [1.807, 2.05) is 24.3 Å². The van der Waals surface area contributed by atoms with E-state index in [-0.39, 0.29) is 47.0 Å². The second-order valence-corrected chi connectivity index (χ2v) is 15.9. The first-order chi connectivity index (χ1) is 23.3. The number of benzene rings is 1.